The first-order valence-electron chi connectivity index (χ1n) is 7.10. The monoisotopic (exact) mass is 282 g/mol. The van der Waals surface area contributed by atoms with Gasteiger partial charge in [-0.05, 0) is 36.1 Å². The van der Waals surface area contributed by atoms with E-state index in [1.54, 1.807) is 17.0 Å². The Kier molecular flexibility index (Phi) is 3.62. The van der Waals surface area contributed by atoms with Crippen molar-refractivity contribution in [2.75, 3.05) is 17.2 Å². The third-order valence-electron chi connectivity index (χ3n) is 3.90. The van der Waals surface area contributed by atoms with Crippen LogP contribution in [0.3, 0.4) is 0 Å². The second-order valence-corrected chi connectivity index (χ2v) is 5.25. The summed E-state index contributed by atoms with van der Waals surface area (Å²) < 4.78 is 0. The molecule has 1 aliphatic rings. The molecule has 1 unspecified atom stereocenters. The number of nitrogen functional groups attached to an aromatic ring is 1. The largest absolute Gasteiger partial charge is 0.398 e. The van der Waals surface area contributed by atoms with Gasteiger partial charge in [-0.1, -0.05) is 36.4 Å². The summed E-state index contributed by atoms with van der Waals surface area (Å²) in [6.45, 7) is 0.610. The van der Waals surface area contributed by atoms with Crippen LogP contribution in [0.1, 0.15) is 23.7 Å². The molecule has 4 nitrogen and oxygen atoms in total. The number of aliphatic hydroxyl groups excluding tert-OH is 1. The molecule has 0 saturated heterocycles. The van der Waals surface area contributed by atoms with Gasteiger partial charge in [-0.25, -0.2) is 0 Å². The van der Waals surface area contributed by atoms with Crippen LogP contribution in [0.2, 0.25) is 0 Å². The minimum atomic E-state index is -1.14. The Morgan fingerprint density at radius 3 is 2.67 bits per heavy atom. The number of anilines is 2. The molecule has 0 saturated carbocycles. The molecule has 108 valence electrons. The number of fused-ring (bicyclic) bond motifs is 1. The van der Waals surface area contributed by atoms with Gasteiger partial charge < -0.3 is 15.7 Å². The predicted octanol–water partition coefficient (Wildman–Crippen LogP) is 2.28. The second-order valence-electron chi connectivity index (χ2n) is 5.25. The quantitative estimate of drug-likeness (QED) is 0.830. The number of hydrogen-bond donors (Lipinski definition) is 2. The number of benzene rings is 2. The summed E-state index contributed by atoms with van der Waals surface area (Å²) in [4.78, 5) is 14.3. The van der Waals surface area contributed by atoms with E-state index in [0.717, 1.165) is 24.1 Å². The lowest BCUT2D eigenvalue weighted by Gasteiger charge is -2.31. The van der Waals surface area contributed by atoms with E-state index in [4.69, 9.17) is 5.73 Å². The molecule has 3 N–H and O–H groups in total. The lowest BCUT2D eigenvalue weighted by molar-refractivity contribution is -0.127. The van der Waals surface area contributed by atoms with Crippen LogP contribution in [0.5, 0.6) is 0 Å². The minimum Gasteiger partial charge on any atom is -0.398 e. The van der Waals surface area contributed by atoms with Crippen molar-refractivity contribution in [2.45, 2.75) is 18.9 Å². The number of nitrogens with two attached hydrogens (primary N) is 1. The zero-order valence-electron chi connectivity index (χ0n) is 11.7. The van der Waals surface area contributed by atoms with Crippen LogP contribution >= 0.6 is 0 Å². The van der Waals surface area contributed by atoms with Gasteiger partial charge in [0.15, 0.2) is 6.10 Å². The van der Waals surface area contributed by atoms with Crippen molar-refractivity contribution in [1.82, 2.24) is 0 Å². The number of hydrogen-bond acceptors (Lipinski definition) is 3. The second kappa shape index (κ2) is 5.58. The molecule has 3 rings (SSSR count). The summed E-state index contributed by atoms with van der Waals surface area (Å²) >= 11 is 0. The van der Waals surface area contributed by atoms with Crippen LogP contribution in [0.15, 0.2) is 48.5 Å². The normalized spacial score (nSPS) is 15.4. The SMILES string of the molecule is Nc1cccc2c1CCCN2C(=O)C(O)c1ccccc1. The fraction of sp³-hybridized carbons (Fsp3) is 0.235. The highest BCUT2D eigenvalue weighted by Crippen LogP contribution is 2.33. The Hall–Kier alpha value is -2.33. The average Bonchev–Trinajstić information content (AvgIpc) is 2.54. The van der Waals surface area contributed by atoms with Crippen LogP contribution in [-0.2, 0) is 11.2 Å². The number of carbonyl (C=O) groups excluding carboxylic acids is 1. The fourth-order valence-corrected chi connectivity index (χ4v) is 2.81. The topological polar surface area (TPSA) is 66.6 Å². The van der Waals surface area contributed by atoms with E-state index in [-0.39, 0.29) is 5.91 Å². The van der Waals surface area contributed by atoms with Gasteiger partial charge in [0.25, 0.3) is 5.91 Å². The molecule has 0 spiro atoms. The molecular formula is C17H18N2O2. The summed E-state index contributed by atoms with van der Waals surface area (Å²) in [6, 6.07) is 14.6. The molecule has 1 heterocycles. The van der Waals surface area contributed by atoms with Gasteiger partial charge in [0.05, 0.1) is 0 Å². The third-order valence-corrected chi connectivity index (χ3v) is 3.90. The molecule has 21 heavy (non-hydrogen) atoms. The maximum Gasteiger partial charge on any atom is 0.260 e. The number of rotatable bonds is 2. The van der Waals surface area contributed by atoms with Crippen LogP contribution in [-0.4, -0.2) is 17.6 Å². The summed E-state index contributed by atoms with van der Waals surface area (Å²) in [7, 11) is 0. The fourth-order valence-electron chi connectivity index (χ4n) is 2.81. The van der Waals surface area contributed by atoms with Crippen molar-refractivity contribution in [1.29, 1.82) is 0 Å². The summed E-state index contributed by atoms with van der Waals surface area (Å²) in [5.41, 5.74) is 9.13. The smallest absolute Gasteiger partial charge is 0.260 e. The number of carbonyl (C=O) groups is 1. The molecule has 0 fully saturated rings. The molecule has 1 amide bonds. The molecule has 4 heteroatoms. The average molecular weight is 282 g/mol. The lowest BCUT2D eigenvalue weighted by atomic mass is 9.98. The van der Waals surface area contributed by atoms with Crippen molar-refractivity contribution in [2.24, 2.45) is 0 Å². The zero-order chi connectivity index (χ0) is 14.8. The molecule has 2 aromatic rings. The van der Waals surface area contributed by atoms with Crippen LogP contribution in [0, 0.1) is 0 Å². The first-order valence-corrected chi connectivity index (χ1v) is 7.10. The van der Waals surface area contributed by atoms with Crippen molar-refractivity contribution >= 4 is 17.3 Å². The van der Waals surface area contributed by atoms with Gasteiger partial charge in [0.1, 0.15) is 0 Å². The molecule has 0 aliphatic carbocycles. The lowest BCUT2D eigenvalue weighted by Crippen LogP contribution is -2.39. The Labute approximate surface area is 123 Å². The van der Waals surface area contributed by atoms with Crippen LogP contribution < -0.4 is 10.6 Å². The predicted molar refractivity (Wildman–Crippen MR) is 82.9 cm³/mol. The zero-order valence-corrected chi connectivity index (χ0v) is 11.7. The molecule has 1 atom stereocenters. The third kappa shape index (κ3) is 2.50. The molecule has 0 bridgehead atoms. The molecule has 0 radical (unpaired) electrons. The highest BCUT2D eigenvalue weighted by molar-refractivity contribution is 5.98. The van der Waals surface area contributed by atoms with Crippen molar-refractivity contribution in [3.05, 3.63) is 59.7 Å². The maximum absolute atomic E-state index is 12.6. The molecular weight excluding hydrogens is 264 g/mol. The van der Waals surface area contributed by atoms with Crippen molar-refractivity contribution in [3.63, 3.8) is 0 Å². The highest BCUT2D eigenvalue weighted by atomic mass is 16.3. The standard InChI is InChI=1S/C17H18N2O2/c18-14-9-4-10-15-13(14)8-5-11-19(15)17(21)16(20)12-6-2-1-3-7-12/h1-4,6-7,9-10,16,20H,5,8,11,18H2. The molecule has 1 aliphatic heterocycles. The summed E-state index contributed by atoms with van der Waals surface area (Å²) in [5, 5.41) is 10.3. The first kappa shape index (κ1) is 13.6. The van der Waals surface area contributed by atoms with Gasteiger partial charge in [-0.3, -0.25) is 4.79 Å². The summed E-state index contributed by atoms with van der Waals surface area (Å²) in [5.74, 6) is -0.298. The van der Waals surface area contributed by atoms with E-state index in [1.165, 1.54) is 0 Å². The Balaban J connectivity index is 1.92. The molecule has 0 aromatic heterocycles. The van der Waals surface area contributed by atoms with Crippen LogP contribution in [0.4, 0.5) is 11.4 Å². The number of aliphatic hydroxyl groups is 1. The minimum absolute atomic E-state index is 0.298. The van der Waals surface area contributed by atoms with Gasteiger partial charge in [-0.2, -0.15) is 0 Å². The van der Waals surface area contributed by atoms with E-state index in [2.05, 4.69) is 0 Å². The van der Waals surface area contributed by atoms with Gasteiger partial charge >= 0.3 is 0 Å². The first-order chi connectivity index (χ1) is 10.2. The van der Waals surface area contributed by atoms with E-state index >= 15 is 0 Å². The highest BCUT2D eigenvalue weighted by Gasteiger charge is 2.28. The Bertz CT molecular complexity index is 655. The number of amides is 1. The van der Waals surface area contributed by atoms with Crippen molar-refractivity contribution in [3.8, 4) is 0 Å². The van der Waals surface area contributed by atoms with Gasteiger partial charge in [0.2, 0.25) is 0 Å². The Morgan fingerprint density at radius 1 is 1.14 bits per heavy atom. The number of nitrogens with zero attached hydrogens (tertiary/aromatic N) is 1. The van der Waals surface area contributed by atoms with Gasteiger partial charge in [-0.15, -0.1) is 0 Å². The van der Waals surface area contributed by atoms with E-state index < -0.39 is 6.10 Å². The van der Waals surface area contributed by atoms with E-state index in [1.807, 2.05) is 36.4 Å². The molecule has 2 aromatic carbocycles. The van der Waals surface area contributed by atoms with E-state index in [0.29, 0.717) is 17.8 Å². The van der Waals surface area contributed by atoms with E-state index in [9.17, 15) is 9.90 Å². The van der Waals surface area contributed by atoms with Gasteiger partial charge in [0, 0.05) is 17.9 Å². The summed E-state index contributed by atoms with van der Waals surface area (Å²) in [6.07, 6.45) is 0.584. The maximum atomic E-state index is 12.6. The van der Waals surface area contributed by atoms with Crippen molar-refractivity contribution < 1.29 is 9.90 Å². The Morgan fingerprint density at radius 2 is 1.90 bits per heavy atom. The van der Waals surface area contributed by atoms with Crippen LogP contribution in [0.25, 0.3) is 0 Å².